The Morgan fingerprint density at radius 2 is 1.79 bits per heavy atom. The minimum Gasteiger partial charge on any atom is -0.494 e. The first-order valence-electron chi connectivity index (χ1n) is 12.1. The summed E-state index contributed by atoms with van der Waals surface area (Å²) in [7, 11) is 0. The number of unbranched alkanes of at least 4 members (excludes halogenated alkanes) is 1. The Hall–Kier alpha value is -2.87. The summed E-state index contributed by atoms with van der Waals surface area (Å²) in [5.41, 5.74) is 1.07. The Balaban J connectivity index is 1.26. The van der Waals surface area contributed by atoms with Crippen LogP contribution >= 0.6 is 0 Å². The maximum absolute atomic E-state index is 12.8. The predicted molar refractivity (Wildman–Crippen MR) is 129 cm³/mol. The molecule has 4 rings (SSSR count). The number of rotatable bonds is 9. The van der Waals surface area contributed by atoms with Gasteiger partial charge in [0.25, 0.3) is 0 Å². The molecule has 0 saturated carbocycles. The lowest BCUT2D eigenvalue weighted by Gasteiger charge is -2.33. The van der Waals surface area contributed by atoms with Crippen LogP contribution < -0.4 is 19.9 Å². The molecule has 0 aliphatic carbocycles. The number of nitrogens with zero attached hydrogens (tertiary/aromatic N) is 4. The lowest BCUT2D eigenvalue weighted by atomic mass is 9.97. The van der Waals surface area contributed by atoms with Gasteiger partial charge in [-0.2, -0.15) is 0 Å². The molecule has 2 fully saturated rings. The lowest BCUT2D eigenvalue weighted by molar-refractivity contribution is -0.125. The molecule has 2 aromatic rings. The summed E-state index contributed by atoms with van der Waals surface area (Å²) in [5.74, 6) is 2.65. The summed E-state index contributed by atoms with van der Waals surface area (Å²) in [5, 5.41) is 12.0. The Bertz CT molecular complexity index is 869. The van der Waals surface area contributed by atoms with Crippen molar-refractivity contribution < 1.29 is 14.3 Å². The molecule has 1 N–H and O–H groups in total. The van der Waals surface area contributed by atoms with Crippen molar-refractivity contribution in [3.8, 4) is 5.75 Å². The van der Waals surface area contributed by atoms with Crippen LogP contribution in [0.2, 0.25) is 0 Å². The third kappa shape index (κ3) is 6.57. The molecule has 2 aliphatic heterocycles. The zero-order valence-corrected chi connectivity index (χ0v) is 19.5. The molecule has 2 saturated heterocycles. The molecule has 1 unspecified atom stereocenters. The predicted octanol–water partition coefficient (Wildman–Crippen LogP) is 3.02. The van der Waals surface area contributed by atoms with E-state index in [9.17, 15) is 4.79 Å². The van der Waals surface area contributed by atoms with Gasteiger partial charge in [-0.15, -0.1) is 10.2 Å². The van der Waals surface area contributed by atoms with Crippen LogP contribution in [-0.2, 0) is 16.1 Å². The highest BCUT2D eigenvalue weighted by molar-refractivity contribution is 5.79. The summed E-state index contributed by atoms with van der Waals surface area (Å²) in [6, 6.07) is 12.0. The van der Waals surface area contributed by atoms with Gasteiger partial charge in [0.2, 0.25) is 5.91 Å². The fourth-order valence-corrected chi connectivity index (χ4v) is 4.22. The van der Waals surface area contributed by atoms with E-state index in [1.165, 1.54) is 0 Å². The van der Waals surface area contributed by atoms with Crippen molar-refractivity contribution >= 4 is 17.5 Å². The fraction of sp³-hybridized carbons (Fsp3) is 0.560. The first-order chi connectivity index (χ1) is 16.2. The number of nitrogens with one attached hydrogen (secondary N) is 1. The van der Waals surface area contributed by atoms with Crippen LogP contribution in [0.1, 0.15) is 38.2 Å². The van der Waals surface area contributed by atoms with Gasteiger partial charge in [-0.1, -0.05) is 25.5 Å². The molecular formula is C25H35N5O3. The summed E-state index contributed by atoms with van der Waals surface area (Å²) >= 11 is 0. The van der Waals surface area contributed by atoms with E-state index in [1.54, 1.807) is 0 Å². The number of anilines is 2. The lowest BCUT2D eigenvalue weighted by Crippen LogP contribution is -2.43. The molecule has 2 aliphatic rings. The van der Waals surface area contributed by atoms with E-state index in [-0.39, 0.29) is 11.8 Å². The maximum Gasteiger partial charge on any atom is 0.225 e. The van der Waals surface area contributed by atoms with Crippen LogP contribution in [0.25, 0.3) is 0 Å². The number of aromatic nitrogens is 2. The highest BCUT2D eigenvalue weighted by Crippen LogP contribution is 2.23. The van der Waals surface area contributed by atoms with E-state index in [0.29, 0.717) is 13.1 Å². The van der Waals surface area contributed by atoms with E-state index in [1.807, 2.05) is 36.4 Å². The third-order valence-corrected chi connectivity index (χ3v) is 6.24. The van der Waals surface area contributed by atoms with Crippen molar-refractivity contribution in [3.63, 3.8) is 0 Å². The zero-order chi connectivity index (χ0) is 22.9. The van der Waals surface area contributed by atoms with Gasteiger partial charge in [-0.05, 0) is 49.1 Å². The molecule has 0 bridgehead atoms. The number of morpholine rings is 1. The summed E-state index contributed by atoms with van der Waals surface area (Å²) < 4.78 is 11.1. The molecule has 0 radical (unpaired) electrons. The van der Waals surface area contributed by atoms with Gasteiger partial charge in [-0.3, -0.25) is 4.79 Å². The average molecular weight is 454 g/mol. The quantitative estimate of drug-likeness (QED) is 0.585. The summed E-state index contributed by atoms with van der Waals surface area (Å²) in [4.78, 5) is 17.2. The Morgan fingerprint density at radius 1 is 1.06 bits per heavy atom. The molecule has 8 nitrogen and oxygen atoms in total. The molecule has 0 spiro atoms. The number of carbonyl (C=O) groups excluding carboxylic acids is 1. The minimum atomic E-state index is -0.0453. The van der Waals surface area contributed by atoms with Crippen molar-refractivity contribution in [1.29, 1.82) is 0 Å². The van der Waals surface area contributed by atoms with Gasteiger partial charge in [0.15, 0.2) is 11.6 Å². The Labute approximate surface area is 196 Å². The number of hydrogen-bond donors (Lipinski definition) is 1. The first kappa shape index (κ1) is 23.3. The van der Waals surface area contributed by atoms with Gasteiger partial charge >= 0.3 is 0 Å². The topological polar surface area (TPSA) is 79.8 Å². The molecule has 1 atom stereocenters. The second kappa shape index (κ2) is 11.8. The first-order valence-corrected chi connectivity index (χ1v) is 12.1. The minimum absolute atomic E-state index is 0.0453. The monoisotopic (exact) mass is 453 g/mol. The number of amides is 1. The van der Waals surface area contributed by atoms with Crippen LogP contribution in [-0.4, -0.2) is 62.1 Å². The van der Waals surface area contributed by atoms with Crippen molar-refractivity contribution in [2.24, 2.45) is 5.92 Å². The van der Waals surface area contributed by atoms with Gasteiger partial charge in [-0.25, -0.2) is 0 Å². The largest absolute Gasteiger partial charge is 0.494 e. The summed E-state index contributed by atoms with van der Waals surface area (Å²) in [6.07, 6.45) is 4.04. The molecule has 8 heteroatoms. The van der Waals surface area contributed by atoms with Crippen molar-refractivity contribution in [3.05, 3.63) is 42.0 Å². The number of hydrogen-bond acceptors (Lipinski definition) is 7. The van der Waals surface area contributed by atoms with Gasteiger partial charge in [0.05, 0.1) is 25.7 Å². The van der Waals surface area contributed by atoms with E-state index < -0.39 is 0 Å². The van der Waals surface area contributed by atoms with E-state index >= 15 is 0 Å². The van der Waals surface area contributed by atoms with Crippen molar-refractivity contribution in [2.75, 3.05) is 55.8 Å². The molecule has 1 amide bonds. The second-order valence-electron chi connectivity index (χ2n) is 8.70. The number of carbonyl (C=O) groups is 1. The molecular weight excluding hydrogens is 418 g/mol. The van der Waals surface area contributed by atoms with E-state index in [4.69, 9.17) is 9.47 Å². The van der Waals surface area contributed by atoms with Gasteiger partial charge in [0, 0.05) is 32.7 Å². The molecule has 3 heterocycles. The smallest absolute Gasteiger partial charge is 0.225 e. The van der Waals surface area contributed by atoms with E-state index in [0.717, 1.165) is 88.1 Å². The molecule has 1 aromatic carbocycles. The number of piperidine rings is 1. The van der Waals surface area contributed by atoms with Crippen molar-refractivity contribution in [2.45, 2.75) is 39.2 Å². The van der Waals surface area contributed by atoms with Crippen LogP contribution in [0.4, 0.5) is 11.6 Å². The van der Waals surface area contributed by atoms with Crippen LogP contribution in [0.15, 0.2) is 36.4 Å². The Morgan fingerprint density at radius 3 is 2.48 bits per heavy atom. The second-order valence-corrected chi connectivity index (χ2v) is 8.70. The van der Waals surface area contributed by atoms with Crippen molar-refractivity contribution in [1.82, 2.24) is 15.5 Å². The van der Waals surface area contributed by atoms with Gasteiger partial charge < -0.3 is 24.6 Å². The van der Waals surface area contributed by atoms with Crippen LogP contribution in [0, 0.1) is 5.92 Å². The third-order valence-electron chi connectivity index (χ3n) is 6.24. The fourth-order valence-electron chi connectivity index (χ4n) is 4.22. The SMILES string of the molecule is CCCCOc1ccc(CNC(=O)C2CCCN(c3ccc(N4CCOCC4)nn3)C2)cc1. The Kier molecular flexibility index (Phi) is 8.35. The zero-order valence-electron chi connectivity index (χ0n) is 19.5. The summed E-state index contributed by atoms with van der Waals surface area (Å²) in [6.45, 7) is 8.12. The van der Waals surface area contributed by atoms with Crippen LogP contribution in [0.5, 0.6) is 5.75 Å². The highest BCUT2D eigenvalue weighted by Gasteiger charge is 2.27. The van der Waals surface area contributed by atoms with Crippen LogP contribution in [0.3, 0.4) is 0 Å². The van der Waals surface area contributed by atoms with E-state index in [2.05, 4.69) is 32.2 Å². The number of benzene rings is 1. The molecule has 178 valence electrons. The molecule has 33 heavy (non-hydrogen) atoms. The number of ether oxygens (including phenoxy) is 2. The standard InChI is InChI=1S/C25H35N5O3/c1-2-3-15-33-22-8-6-20(7-9-22)18-26-25(31)21-5-4-12-30(19-21)24-11-10-23(27-28-24)29-13-16-32-17-14-29/h6-11,21H,2-5,12-19H2,1H3,(H,26,31). The van der Waals surface area contributed by atoms with Gasteiger partial charge in [0.1, 0.15) is 5.75 Å². The normalized spacial score (nSPS) is 18.8. The highest BCUT2D eigenvalue weighted by atomic mass is 16.5. The average Bonchev–Trinajstić information content (AvgIpc) is 2.89. The molecule has 1 aromatic heterocycles. The maximum atomic E-state index is 12.8.